The standard InChI is InChI=1S/C21H34O2/c1-13-11-15-16(19(2)8-5-14(22)12-18(13)19)6-9-20(3)17(15)7-10-21(20,4)23/h13,15-18,23H,5-12H2,1-4H3/t13-,15+,16-,17-,18+,19+,20-,21-/m0/s1. The van der Waals surface area contributed by atoms with Crippen molar-refractivity contribution >= 4 is 5.78 Å². The van der Waals surface area contributed by atoms with E-state index >= 15 is 0 Å². The Bertz CT molecular complexity index is 524. The second kappa shape index (κ2) is 4.84. The van der Waals surface area contributed by atoms with Gasteiger partial charge in [0, 0.05) is 12.8 Å². The summed E-state index contributed by atoms with van der Waals surface area (Å²) in [5, 5.41) is 11.0. The van der Waals surface area contributed by atoms with E-state index in [1.165, 1.54) is 25.7 Å². The van der Waals surface area contributed by atoms with Gasteiger partial charge in [0.05, 0.1) is 5.60 Å². The molecule has 4 aliphatic carbocycles. The van der Waals surface area contributed by atoms with Crippen LogP contribution in [-0.2, 0) is 4.79 Å². The molecule has 4 rings (SSSR count). The lowest BCUT2D eigenvalue weighted by molar-refractivity contribution is -0.163. The van der Waals surface area contributed by atoms with Gasteiger partial charge in [-0.15, -0.1) is 0 Å². The molecule has 2 heteroatoms. The summed E-state index contributed by atoms with van der Waals surface area (Å²) in [6, 6.07) is 0. The van der Waals surface area contributed by atoms with Crippen LogP contribution in [0.2, 0.25) is 0 Å². The van der Waals surface area contributed by atoms with Crippen molar-refractivity contribution < 1.29 is 9.90 Å². The molecule has 0 bridgehead atoms. The molecule has 8 atom stereocenters. The SMILES string of the molecule is C[C@H]1C[C@@H]2[C@H](CC[C@@]3(C)[C@H]2CC[C@]3(C)O)[C@@]2(C)CCC(=O)C[C@H]12. The van der Waals surface area contributed by atoms with Crippen molar-refractivity contribution in [3.63, 3.8) is 0 Å². The Kier molecular flexibility index (Phi) is 3.39. The van der Waals surface area contributed by atoms with Gasteiger partial charge in [-0.2, -0.15) is 0 Å². The Morgan fingerprint density at radius 1 is 1.00 bits per heavy atom. The van der Waals surface area contributed by atoms with E-state index in [0.29, 0.717) is 29.0 Å². The molecule has 0 radical (unpaired) electrons. The van der Waals surface area contributed by atoms with E-state index < -0.39 is 5.60 Å². The third-order valence-electron chi connectivity index (χ3n) is 9.41. The van der Waals surface area contributed by atoms with Gasteiger partial charge in [0.25, 0.3) is 0 Å². The van der Waals surface area contributed by atoms with Crippen LogP contribution in [0.1, 0.15) is 79.1 Å². The second-order valence-electron chi connectivity index (χ2n) is 10.2. The van der Waals surface area contributed by atoms with Crippen LogP contribution >= 0.6 is 0 Å². The number of hydrogen-bond acceptors (Lipinski definition) is 2. The first-order chi connectivity index (χ1) is 10.7. The van der Waals surface area contributed by atoms with Crippen LogP contribution in [0.3, 0.4) is 0 Å². The smallest absolute Gasteiger partial charge is 0.133 e. The monoisotopic (exact) mass is 318 g/mol. The van der Waals surface area contributed by atoms with Crippen LogP contribution in [0.5, 0.6) is 0 Å². The van der Waals surface area contributed by atoms with E-state index in [-0.39, 0.29) is 5.41 Å². The first-order valence-corrected chi connectivity index (χ1v) is 9.93. The fraction of sp³-hybridized carbons (Fsp3) is 0.952. The van der Waals surface area contributed by atoms with Crippen molar-refractivity contribution in [2.24, 2.45) is 40.4 Å². The van der Waals surface area contributed by atoms with Crippen LogP contribution in [0.15, 0.2) is 0 Å². The van der Waals surface area contributed by atoms with Crippen LogP contribution in [-0.4, -0.2) is 16.5 Å². The summed E-state index contributed by atoms with van der Waals surface area (Å²) >= 11 is 0. The molecule has 4 fully saturated rings. The number of carbonyl (C=O) groups is 1. The third kappa shape index (κ3) is 2.00. The summed E-state index contributed by atoms with van der Waals surface area (Å²) in [6.07, 6.45) is 8.67. The van der Waals surface area contributed by atoms with Gasteiger partial charge in [0.15, 0.2) is 0 Å². The Labute approximate surface area is 141 Å². The lowest BCUT2D eigenvalue weighted by Gasteiger charge is -2.62. The van der Waals surface area contributed by atoms with E-state index in [0.717, 1.165) is 37.5 Å². The van der Waals surface area contributed by atoms with Crippen LogP contribution in [0.4, 0.5) is 0 Å². The number of Topliss-reactive ketones (excluding diaryl/α,β-unsaturated/α-hetero) is 1. The zero-order valence-electron chi connectivity index (χ0n) is 15.4. The van der Waals surface area contributed by atoms with Crippen molar-refractivity contribution in [1.29, 1.82) is 0 Å². The predicted molar refractivity (Wildman–Crippen MR) is 91.9 cm³/mol. The average Bonchev–Trinajstić information content (AvgIpc) is 2.72. The molecule has 0 spiro atoms. The molecule has 2 nitrogen and oxygen atoms in total. The molecule has 23 heavy (non-hydrogen) atoms. The van der Waals surface area contributed by atoms with Crippen molar-refractivity contribution in [3.8, 4) is 0 Å². The van der Waals surface area contributed by atoms with E-state index in [1.54, 1.807) is 0 Å². The van der Waals surface area contributed by atoms with Crippen LogP contribution < -0.4 is 0 Å². The minimum Gasteiger partial charge on any atom is -0.390 e. The Morgan fingerprint density at radius 2 is 1.70 bits per heavy atom. The third-order valence-corrected chi connectivity index (χ3v) is 9.41. The van der Waals surface area contributed by atoms with Crippen LogP contribution in [0.25, 0.3) is 0 Å². The molecule has 0 amide bonds. The summed E-state index contributed by atoms with van der Waals surface area (Å²) in [5.41, 5.74) is -0.000249. The highest BCUT2D eigenvalue weighted by atomic mass is 16.3. The maximum atomic E-state index is 12.1. The highest BCUT2D eigenvalue weighted by Crippen LogP contribution is 2.68. The molecule has 0 aromatic heterocycles. The number of fused-ring (bicyclic) bond motifs is 5. The normalized spacial score (nSPS) is 59.2. The van der Waals surface area contributed by atoms with E-state index in [1.807, 2.05) is 0 Å². The Balaban J connectivity index is 1.69. The minimum atomic E-state index is -0.480. The molecular weight excluding hydrogens is 284 g/mol. The Morgan fingerprint density at radius 3 is 2.43 bits per heavy atom. The lowest BCUT2D eigenvalue weighted by atomic mass is 9.43. The summed E-state index contributed by atoms with van der Waals surface area (Å²) in [5.74, 6) is 4.02. The maximum Gasteiger partial charge on any atom is 0.133 e. The number of rotatable bonds is 0. The lowest BCUT2D eigenvalue weighted by Crippen LogP contribution is -2.57. The highest BCUT2D eigenvalue weighted by molar-refractivity contribution is 5.79. The summed E-state index contributed by atoms with van der Waals surface area (Å²) in [4.78, 5) is 12.1. The highest BCUT2D eigenvalue weighted by Gasteiger charge is 2.64. The van der Waals surface area contributed by atoms with E-state index in [9.17, 15) is 9.90 Å². The molecule has 1 N–H and O–H groups in total. The molecule has 0 aromatic carbocycles. The zero-order valence-corrected chi connectivity index (χ0v) is 15.4. The summed E-state index contributed by atoms with van der Waals surface area (Å²) in [6.45, 7) is 9.36. The van der Waals surface area contributed by atoms with Gasteiger partial charge >= 0.3 is 0 Å². The molecule has 0 heterocycles. The van der Waals surface area contributed by atoms with Gasteiger partial charge < -0.3 is 5.11 Å². The molecule has 0 saturated heterocycles. The topological polar surface area (TPSA) is 37.3 Å². The molecule has 0 aliphatic heterocycles. The number of ketones is 1. The predicted octanol–water partition coefficient (Wildman–Crippen LogP) is 4.60. The Hall–Kier alpha value is -0.370. The van der Waals surface area contributed by atoms with E-state index in [4.69, 9.17) is 0 Å². The molecule has 130 valence electrons. The molecular formula is C21H34O2. The van der Waals surface area contributed by atoms with Gasteiger partial charge in [-0.25, -0.2) is 0 Å². The molecule has 4 saturated carbocycles. The van der Waals surface area contributed by atoms with Gasteiger partial charge in [-0.3, -0.25) is 4.79 Å². The van der Waals surface area contributed by atoms with Gasteiger partial charge in [-0.05, 0) is 85.9 Å². The van der Waals surface area contributed by atoms with Crippen molar-refractivity contribution in [3.05, 3.63) is 0 Å². The van der Waals surface area contributed by atoms with Crippen molar-refractivity contribution in [2.75, 3.05) is 0 Å². The molecule has 0 aromatic rings. The van der Waals surface area contributed by atoms with Crippen molar-refractivity contribution in [1.82, 2.24) is 0 Å². The average molecular weight is 319 g/mol. The largest absolute Gasteiger partial charge is 0.390 e. The summed E-state index contributed by atoms with van der Waals surface area (Å²) in [7, 11) is 0. The van der Waals surface area contributed by atoms with Gasteiger partial charge in [-0.1, -0.05) is 20.8 Å². The number of carbonyl (C=O) groups excluding carboxylic acids is 1. The molecule has 0 unspecified atom stereocenters. The second-order valence-corrected chi connectivity index (χ2v) is 10.2. The maximum absolute atomic E-state index is 12.1. The number of aliphatic hydroxyl groups is 1. The van der Waals surface area contributed by atoms with Crippen LogP contribution in [0, 0.1) is 40.4 Å². The van der Waals surface area contributed by atoms with Crippen molar-refractivity contribution in [2.45, 2.75) is 84.7 Å². The number of hydrogen-bond donors (Lipinski definition) is 1. The van der Waals surface area contributed by atoms with Gasteiger partial charge in [0.1, 0.15) is 5.78 Å². The van der Waals surface area contributed by atoms with Gasteiger partial charge in [0.2, 0.25) is 0 Å². The quantitative estimate of drug-likeness (QED) is 0.709. The fourth-order valence-corrected chi connectivity index (χ4v) is 7.76. The first kappa shape index (κ1) is 16.1. The van der Waals surface area contributed by atoms with E-state index in [2.05, 4.69) is 27.7 Å². The summed E-state index contributed by atoms with van der Waals surface area (Å²) < 4.78 is 0. The molecule has 4 aliphatic rings. The zero-order chi connectivity index (χ0) is 16.6. The first-order valence-electron chi connectivity index (χ1n) is 9.93. The minimum absolute atomic E-state index is 0.113. The fourth-order valence-electron chi connectivity index (χ4n) is 7.76.